The van der Waals surface area contributed by atoms with Gasteiger partial charge in [-0.25, -0.2) is 0 Å². The molecule has 1 fully saturated rings. The Bertz CT molecular complexity index is 631. The van der Waals surface area contributed by atoms with Crippen molar-refractivity contribution >= 4 is 27.1 Å². The molecule has 1 aliphatic carbocycles. The lowest BCUT2D eigenvalue weighted by molar-refractivity contribution is 0.482. The summed E-state index contributed by atoms with van der Waals surface area (Å²) >= 11 is 1.67. The smallest absolute Gasteiger partial charge is 0.135 e. The molecule has 2 atom stereocenters. The molecule has 1 aromatic heterocycles. The van der Waals surface area contributed by atoms with Gasteiger partial charge in [-0.3, -0.25) is 0 Å². The molecule has 2 aromatic rings. The van der Waals surface area contributed by atoms with E-state index in [1.165, 1.54) is 28.6 Å². The summed E-state index contributed by atoms with van der Waals surface area (Å²) in [6.07, 6.45) is 1.33. The van der Waals surface area contributed by atoms with Crippen LogP contribution >= 0.6 is 11.3 Å². The highest BCUT2D eigenvalue weighted by atomic mass is 32.1. The molecule has 2 nitrogen and oxygen atoms in total. The average Bonchev–Trinajstić information content (AvgIpc) is 2.94. The maximum Gasteiger partial charge on any atom is 0.135 e. The van der Waals surface area contributed by atoms with Gasteiger partial charge in [0.15, 0.2) is 0 Å². The molecule has 0 bridgehead atoms. The molecular weight excluding hydrogens is 230 g/mol. The van der Waals surface area contributed by atoms with Crippen LogP contribution in [0.3, 0.4) is 0 Å². The number of aryl methyl sites for hydroxylation is 1. The summed E-state index contributed by atoms with van der Waals surface area (Å²) in [4.78, 5) is 2.31. The molecule has 1 saturated carbocycles. The first-order chi connectivity index (χ1) is 8.16. The Hall–Kier alpha value is -1.22. The monoisotopic (exact) mass is 245 g/mol. The minimum Gasteiger partial charge on any atom is -0.506 e. The van der Waals surface area contributed by atoms with Gasteiger partial charge in [0.25, 0.3) is 0 Å². The van der Waals surface area contributed by atoms with Gasteiger partial charge in [0, 0.05) is 30.7 Å². The molecular formula is C14H15NOS. The first-order valence-corrected chi connectivity index (χ1v) is 6.99. The second-order valence-corrected chi connectivity index (χ2v) is 6.31. The van der Waals surface area contributed by atoms with Gasteiger partial charge in [-0.05, 0) is 41.7 Å². The van der Waals surface area contributed by atoms with Crippen LogP contribution in [0.25, 0.3) is 10.1 Å². The van der Waals surface area contributed by atoms with E-state index in [-0.39, 0.29) is 0 Å². The summed E-state index contributed by atoms with van der Waals surface area (Å²) in [5, 5.41) is 13.6. The number of fused-ring (bicyclic) bond motifs is 5. The van der Waals surface area contributed by atoms with Gasteiger partial charge >= 0.3 is 0 Å². The number of phenolic OH excluding ortho intramolecular Hbond substituents is 1. The summed E-state index contributed by atoms with van der Waals surface area (Å²) in [7, 11) is 2.14. The Balaban J connectivity index is 2.14. The Labute approximate surface area is 104 Å². The zero-order chi connectivity index (χ0) is 11.7. The Kier molecular flexibility index (Phi) is 1.70. The third-order valence-corrected chi connectivity index (χ3v) is 5.36. The first-order valence-electron chi connectivity index (χ1n) is 6.11. The van der Waals surface area contributed by atoms with E-state index in [2.05, 4.69) is 24.3 Å². The maximum absolute atomic E-state index is 10.1. The lowest BCUT2D eigenvalue weighted by Crippen LogP contribution is -2.25. The van der Waals surface area contributed by atoms with Crippen molar-refractivity contribution in [2.45, 2.75) is 19.3 Å². The van der Waals surface area contributed by atoms with Crippen LogP contribution in [0.4, 0.5) is 5.69 Å². The molecule has 2 unspecified atom stereocenters. The molecule has 0 radical (unpaired) electrons. The Morgan fingerprint density at radius 2 is 2.29 bits per heavy atom. The van der Waals surface area contributed by atoms with E-state index < -0.39 is 0 Å². The predicted molar refractivity (Wildman–Crippen MR) is 72.3 cm³/mol. The van der Waals surface area contributed by atoms with Gasteiger partial charge in [-0.15, -0.1) is 11.3 Å². The standard InChI is InChI=1S/C14H15NOS/c1-7-6-17-14-11(16)4-10-13(12(7)14)9-3-8(9)5-15(10)2/h4,6,8-9,16H,3,5H2,1-2H3. The molecule has 0 amide bonds. The third-order valence-electron chi connectivity index (χ3n) is 4.24. The molecule has 17 heavy (non-hydrogen) atoms. The van der Waals surface area contributed by atoms with Crippen molar-refractivity contribution in [1.82, 2.24) is 0 Å². The Morgan fingerprint density at radius 3 is 3.12 bits per heavy atom. The third kappa shape index (κ3) is 1.15. The van der Waals surface area contributed by atoms with Gasteiger partial charge in [0.05, 0.1) is 4.70 Å². The maximum atomic E-state index is 10.1. The highest BCUT2D eigenvalue weighted by Gasteiger charge is 2.45. The van der Waals surface area contributed by atoms with Gasteiger partial charge in [0.2, 0.25) is 0 Å². The molecule has 2 heterocycles. The van der Waals surface area contributed by atoms with Crippen molar-refractivity contribution in [3.8, 4) is 5.75 Å². The molecule has 88 valence electrons. The van der Waals surface area contributed by atoms with Gasteiger partial charge in [-0.2, -0.15) is 0 Å². The minimum atomic E-state index is 0.447. The zero-order valence-corrected chi connectivity index (χ0v) is 10.8. The molecule has 1 aliphatic heterocycles. The minimum absolute atomic E-state index is 0.447. The number of hydrogen-bond donors (Lipinski definition) is 1. The van der Waals surface area contributed by atoms with Gasteiger partial charge < -0.3 is 10.0 Å². The highest BCUT2D eigenvalue weighted by Crippen LogP contribution is 2.58. The van der Waals surface area contributed by atoms with Crippen LogP contribution < -0.4 is 4.90 Å². The number of benzene rings is 1. The molecule has 1 aromatic carbocycles. The second-order valence-electron chi connectivity index (χ2n) is 5.43. The van der Waals surface area contributed by atoms with E-state index in [0.717, 1.165) is 23.1 Å². The van der Waals surface area contributed by atoms with E-state index in [9.17, 15) is 5.11 Å². The predicted octanol–water partition coefficient (Wildman–Crippen LogP) is 3.47. The van der Waals surface area contributed by atoms with E-state index in [4.69, 9.17) is 0 Å². The molecule has 2 aliphatic rings. The fraction of sp³-hybridized carbons (Fsp3) is 0.429. The van der Waals surface area contributed by atoms with Crippen molar-refractivity contribution in [2.75, 3.05) is 18.5 Å². The summed E-state index contributed by atoms with van der Waals surface area (Å²) < 4.78 is 1.07. The fourth-order valence-corrected chi connectivity index (χ4v) is 4.29. The number of hydrogen-bond acceptors (Lipinski definition) is 3. The quantitative estimate of drug-likeness (QED) is 0.768. The summed E-state index contributed by atoms with van der Waals surface area (Å²) in [6, 6.07) is 1.96. The number of rotatable bonds is 0. The molecule has 1 N–H and O–H groups in total. The Morgan fingerprint density at radius 1 is 1.47 bits per heavy atom. The van der Waals surface area contributed by atoms with Crippen molar-refractivity contribution in [2.24, 2.45) is 5.92 Å². The van der Waals surface area contributed by atoms with Crippen LogP contribution in [0.2, 0.25) is 0 Å². The van der Waals surface area contributed by atoms with E-state index in [0.29, 0.717) is 5.75 Å². The highest BCUT2D eigenvalue weighted by molar-refractivity contribution is 7.17. The van der Waals surface area contributed by atoms with Crippen LogP contribution in [0.15, 0.2) is 11.4 Å². The molecule has 3 heteroatoms. The van der Waals surface area contributed by atoms with Crippen molar-refractivity contribution < 1.29 is 5.11 Å². The van der Waals surface area contributed by atoms with Crippen LogP contribution in [0, 0.1) is 12.8 Å². The SMILES string of the molecule is Cc1csc2c(O)cc3c(c12)C1CC1CN3C. The second kappa shape index (κ2) is 2.96. The number of aromatic hydroxyl groups is 1. The first kappa shape index (κ1) is 9.77. The molecule has 4 rings (SSSR count). The summed E-state index contributed by atoms with van der Waals surface area (Å²) in [5.41, 5.74) is 4.06. The number of nitrogens with zero attached hydrogens (tertiary/aromatic N) is 1. The molecule has 0 saturated heterocycles. The fourth-order valence-electron chi connectivity index (χ4n) is 3.31. The van der Waals surface area contributed by atoms with Crippen molar-refractivity contribution in [3.05, 3.63) is 22.6 Å². The summed E-state index contributed by atoms with van der Waals surface area (Å²) in [6.45, 7) is 3.30. The molecule has 0 spiro atoms. The topological polar surface area (TPSA) is 23.5 Å². The van der Waals surface area contributed by atoms with Crippen LogP contribution in [0.1, 0.15) is 23.5 Å². The van der Waals surface area contributed by atoms with E-state index in [1.807, 2.05) is 6.07 Å². The van der Waals surface area contributed by atoms with E-state index in [1.54, 1.807) is 11.3 Å². The lowest BCUT2D eigenvalue weighted by Gasteiger charge is -2.28. The van der Waals surface area contributed by atoms with Gasteiger partial charge in [0.1, 0.15) is 5.75 Å². The van der Waals surface area contributed by atoms with E-state index >= 15 is 0 Å². The number of thiophene rings is 1. The van der Waals surface area contributed by atoms with Crippen LogP contribution in [0.5, 0.6) is 5.75 Å². The lowest BCUT2D eigenvalue weighted by atomic mass is 9.96. The van der Waals surface area contributed by atoms with Crippen molar-refractivity contribution in [3.63, 3.8) is 0 Å². The van der Waals surface area contributed by atoms with Crippen LogP contribution in [-0.2, 0) is 0 Å². The average molecular weight is 245 g/mol. The normalized spacial score (nSPS) is 25.9. The zero-order valence-electron chi connectivity index (χ0n) is 10.0. The van der Waals surface area contributed by atoms with Crippen molar-refractivity contribution in [1.29, 1.82) is 0 Å². The number of anilines is 1. The largest absolute Gasteiger partial charge is 0.506 e. The summed E-state index contributed by atoms with van der Waals surface area (Å²) in [5.74, 6) is 2.04. The van der Waals surface area contributed by atoms with Crippen LogP contribution in [-0.4, -0.2) is 18.7 Å². The number of phenols is 1. The van der Waals surface area contributed by atoms with Gasteiger partial charge in [-0.1, -0.05) is 0 Å².